The van der Waals surface area contributed by atoms with Gasteiger partial charge in [0.05, 0.1) is 27.2 Å². The molecular formula is C21H21N3O5. The van der Waals surface area contributed by atoms with E-state index in [1.807, 2.05) is 30.3 Å². The third-order valence-electron chi connectivity index (χ3n) is 4.92. The second-order valence-electron chi connectivity index (χ2n) is 6.63. The van der Waals surface area contributed by atoms with Crippen molar-refractivity contribution in [1.29, 1.82) is 0 Å². The van der Waals surface area contributed by atoms with Crippen molar-refractivity contribution in [2.75, 3.05) is 32.8 Å². The van der Waals surface area contributed by atoms with Gasteiger partial charge in [0, 0.05) is 30.3 Å². The van der Waals surface area contributed by atoms with Crippen LogP contribution in [-0.4, -0.2) is 43.9 Å². The Morgan fingerprint density at radius 1 is 1.03 bits per heavy atom. The van der Waals surface area contributed by atoms with Gasteiger partial charge in [0.25, 0.3) is 0 Å². The van der Waals surface area contributed by atoms with Crippen LogP contribution in [0.1, 0.15) is 18.2 Å². The lowest BCUT2D eigenvalue weighted by molar-refractivity contribution is -0.117. The van der Waals surface area contributed by atoms with E-state index in [9.17, 15) is 4.79 Å². The molecule has 4 rings (SSSR count). The molecule has 0 N–H and O–H groups in total. The van der Waals surface area contributed by atoms with E-state index in [1.165, 1.54) is 0 Å². The Morgan fingerprint density at radius 3 is 2.62 bits per heavy atom. The van der Waals surface area contributed by atoms with E-state index in [0.29, 0.717) is 41.9 Å². The van der Waals surface area contributed by atoms with Crippen molar-refractivity contribution in [1.82, 2.24) is 10.1 Å². The molecule has 0 radical (unpaired) electrons. The standard InChI is InChI=1S/C21H21N3O5/c1-26-16-6-4-5-15(11-16)24-12-14(10-19(24)25)21-22-20(23-29-21)13-7-8-17(27-2)18(9-13)28-3/h4-9,11,14H,10,12H2,1-3H3. The number of carbonyl (C=O) groups is 1. The molecule has 2 aromatic carbocycles. The molecule has 0 spiro atoms. The number of rotatable bonds is 6. The Labute approximate surface area is 168 Å². The first-order chi connectivity index (χ1) is 14.1. The van der Waals surface area contributed by atoms with Crippen LogP contribution in [0, 0.1) is 0 Å². The number of benzene rings is 2. The molecule has 150 valence electrons. The van der Waals surface area contributed by atoms with Crippen LogP contribution in [0.4, 0.5) is 5.69 Å². The van der Waals surface area contributed by atoms with Crippen LogP contribution in [0.25, 0.3) is 11.4 Å². The number of ether oxygens (including phenoxy) is 3. The summed E-state index contributed by atoms with van der Waals surface area (Å²) < 4.78 is 21.3. The van der Waals surface area contributed by atoms with Gasteiger partial charge in [-0.15, -0.1) is 0 Å². The Kier molecular flexibility index (Phi) is 5.07. The van der Waals surface area contributed by atoms with Crippen molar-refractivity contribution in [2.45, 2.75) is 12.3 Å². The summed E-state index contributed by atoms with van der Waals surface area (Å²) in [4.78, 5) is 18.8. The van der Waals surface area contributed by atoms with Gasteiger partial charge in [-0.05, 0) is 30.3 Å². The Hall–Kier alpha value is -3.55. The highest BCUT2D eigenvalue weighted by molar-refractivity contribution is 5.96. The first-order valence-electron chi connectivity index (χ1n) is 9.13. The van der Waals surface area contributed by atoms with Gasteiger partial charge in [-0.25, -0.2) is 0 Å². The van der Waals surface area contributed by atoms with Gasteiger partial charge in [-0.2, -0.15) is 4.98 Å². The maximum absolute atomic E-state index is 12.6. The van der Waals surface area contributed by atoms with Crippen molar-refractivity contribution in [3.63, 3.8) is 0 Å². The molecule has 0 bridgehead atoms. The van der Waals surface area contributed by atoms with Crippen molar-refractivity contribution >= 4 is 11.6 Å². The molecule has 8 heteroatoms. The fraction of sp³-hybridized carbons (Fsp3) is 0.286. The van der Waals surface area contributed by atoms with E-state index in [4.69, 9.17) is 18.7 Å². The summed E-state index contributed by atoms with van der Waals surface area (Å²) in [5, 5.41) is 4.08. The second-order valence-corrected chi connectivity index (χ2v) is 6.63. The van der Waals surface area contributed by atoms with Crippen LogP contribution >= 0.6 is 0 Å². The number of aromatic nitrogens is 2. The average molecular weight is 395 g/mol. The number of anilines is 1. The van der Waals surface area contributed by atoms with Crippen LogP contribution in [0.3, 0.4) is 0 Å². The molecule has 1 aliphatic rings. The quantitative estimate of drug-likeness (QED) is 0.633. The van der Waals surface area contributed by atoms with Crippen LogP contribution in [0.2, 0.25) is 0 Å². The Morgan fingerprint density at radius 2 is 1.86 bits per heavy atom. The third-order valence-corrected chi connectivity index (χ3v) is 4.92. The van der Waals surface area contributed by atoms with Crippen molar-refractivity contribution < 1.29 is 23.5 Å². The van der Waals surface area contributed by atoms with E-state index in [-0.39, 0.29) is 11.8 Å². The number of amides is 1. The van der Waals surface area contributed by atoms with E-state index in [2.05, 4.69) is 10.1 Å². The molecule has 0 aliphatic carbocycles. The zero-order valence-electron chi connectivity index (χ0n) is 16.4. The van der Waals surface area contributed by atoms with Gasteiger partial charge in [0.15, 0.2) is 11.5 Å². The number of nitrogens with zero attached hydrogens (tertiary/aromatic N) is 3. The molecular weight excluding hydrogens is 374 g/mol. The predicted octanol–water partition coefficient (Wildman–Crippen LogP) is 3.28. The maximum Gasteiger partial charge on any atom is 0.232 e. The summed E-state index contributed by atoms with van der Waals surface area (Å²) in [5.74, 6) is 2.62. The third kappa shape index (κ3) is 3.61. The summed E-state index contributed by atoms with van der Waals surface area (Å²) in [6.45, 7) is 0.472. The Bertz CT molecular complexity index is 1030. The van der Waals surface area contributed by atoms with Gasteiger partial charge in [-0.3, -0.25) is 4.79 Å². The van der Waals surface area contributed by atoms with Crippen molar-refractivity contribution in [3.05, 3.63) is 48.4 Å². The maximum atomic E-state index is 12.6. The SMILES string of the molecule is COc1cccc(N2CC(c3nc(-c4ccc(OC)c(OC)c4)no3)CC2=O)c1. The zero-order valence-corrected chi connectivity index (χ0v) is 16.4. The minimum atomic E-state index is -0.171. The lowest BCUT2D eigenvalue weighted by Gasteiger charge is -2.16. The molecule has 1 atom stereocenters. The summed E-state index contributed by atoms with van der Waals surface area (Å²) in [6, 6.07) is 12.8. The Balaban J connectivity index is 1.55. The molecule has 3 aromatic rings. The average Bonchev–Trinajstić information content (AvgIpc) is 3.40. The summed E-state index contributed by atoms with van der Waals surface area (Å²) >= 11 is 0. The molecule has 1 amide bonds. The fourth-order valence-electron chi connectivity index (χ4n) is 3.39. The van der Waals surface area contributed by atoms with E-state index >= 15 is 0 Å². The van der Waals surface area contributed by atoms with Gasteiger partial charge >= 0.3 is 0 Å². The molecule has 1 saturated heterocycles. The highest BCUT2D eigenvalue weighted by Gasteiger charge is 2.35. The lowest BCUT2D eigenvalue weighted by atomic mass is 10.1. The topological polar surface area (TPSA) is 86.9 Å². The highest BCUT2D eigenvalue weighted by atomic mass is 16.5. The summed E-state index contributed by atoms with van der Waals surface area (Å²) in [7, 11) is 4.75. The normalized spacial score (nSPS) is 16.2. The second kappa shape index (κ2) is 7.83. The van der Waals surface area contributed by atoms with E-state index < -0.39 is 0 Å². The molecule has 0 saturated carbocycles. The van der Waals surface area contributed by atoms with Crippen LogP contribution in [0.5, 0.6) is 17.2 Å². The van der Waals surface area contributed by atoms with Crippen LogP contribution in [0.15, 0.2) is 47.0 Å². The smallest absolute Gasteiger partial charge is 0.232 e. The van der Waals surface area contributed by atoms with Gasteiger partial charge in [-0.1, -0.05) is 11.2 Å². The van der Waals surface area contributed by atoms with E-state index in [1.54, 1.807) is 38.4 Å². The summed E-state index contributed by atoms with van der Waals surface area (Å²) in [5.41, 5.74) is 1.53. The number of hydrogen-bond acceptors (Lipinski definition) is 7. The lowest BCUT2D eigenvalue weighted by Crippen LogP contribution is -2.24. The molecule has 1 unspecified atom stereocenters. The molecule has 29 heavy (non-hydrogen) atoms. The fourth-order valence-corrected chi connectivity index (χ4v) is 3.39. The molecule has 1 aliphatic heterocycles. The predicted molar refractivity (Wildman–Crippen MR) is 106 cm³/mol. The van der Waals surface area contributed by atoms with Crippen molar-refractivity contribution in [3.8, 4) is 28.6 Å². The molecule has 2 heterocycles. The highest BCUT2D eigenvalue weighted by Crippen LogP contribution is 2.35. The summed E-state index contributed by atoms with van der Waals surface area (Å²) in [6.07, 6.45) is 0.310. The van der Waals surface area contributed by atoms with Gasteiger partial charge in [0.2, 0.25) is 17.6 Å². The van der Waals surface area contributed by atoms with Crippen molar-refractivity contribution in [2.24, 2.45) is 0 Å². The largest absolute Gasteiger partial charge is 0.497 e. The molecule has 8 nitrogen and oxygen atoms in total. The number of carbonyl (C=O) groups excluding carboxylic acids is 1. The minimum Gasteiger partial charge on any atom is -0.497 e. The zero-order chi connectivity index (χ0) is 20.4. The van der Waals surface area contributed by atoms with E-state index in [0.717, 1.165) is 11.3 Å². The molecule has 1 fully saturated rings. The number of methoxy groups -OCH3 is 3. The molecule has 1 aromatic heterocycles. The van der Waals surface area contributed by atoms with Crippen LogP contribution < -0.4 is 19.1 Å². The monoisotopic (exact) mass is 395 g/mol. The first-order valence-corrected chi connectivity index (χ1v) is 9.13. The number of hydrogen-bond donors (Lipinski definition) is 0. The van der Waals surface area contributed by atoms with Gasteiger partial charge in [0.1, 0.15) is 5.75 Å². The first kappa shape index (κ1) is 18.8. The minimum absolute atomic E-state index is 0.00844. The van der Waals surface area contributed by atoms with Crippen LogP contribution in [-0.2, 0) is 4.79 Å². The van der Waals surface area contributed by atoms with Gasteiger partial charge < -0.3 is 23.6 Å².